The average Bonchev–Trinajstić information content (AvgIpc) is 3.02. The fourth-order valence-corrected chi connectivity index (χ4v) is 2.98. The van der Waals surface area contributed by atoms with Gasteiger partial charge in [0.05, 0.1) is 18.2 Å². The maximum atomic E-state index is 9.53. The Morgan fingerprint density at radius 2 is 1.76 bits per heavy atom. The van der Waals surface area contributed by atoms with Crippen LogP contribution in [-0.2, 0) is 0 Å². The third-order valence-corrected chi connectivity index (χ3v) is 4.23. The first-order valence-corrected chi connectivity index (χ1v) is 7.90. The minimum absolute atomic E-state index is 0.561. The molecule has 3 aromatic carbocycles. The topological polar surface area (TPSA) is 48.8 Å². The average molecular weight is 322 g/mol. The number of nitriles is 1. The van der Waals surface area contributed by atoms with Crippen molar-refractivity contribution in [1.82, 2.24) is 4.98 Å². The van der Waals surface area contributed by atoms with Crippen molar-refractivity contribution in [3.05, 3.63) is 77.5 Å². The zero-order chi connectivity index (χ0) is 17.2. The molecule has 0 radical (unpaired) electrons. The van der Waals surface area contributed by atoms with Gasteiger partial charge in [0.15, 0.2) is 0 Å². The highest BCUT2D eigenvalue weighted by molar-refractivity contribution is 5.91. The number of H-pyrrole nitrogens is 1. The first-order chi connectivity index (χ1) is 12.3. The van der Waals surface area contributed by atoms with Crippen molar-refractivity contribution < 1.29 is 4.74 Å². The molecule has 0 amide bonds. The predicted octanol–water partition coefficient (Wildman–Crippen LogP) is 4.60. The Morgan fingerprint density at radius 1 is 0.920 bits per heavy atom. The predicted molar refractivity (Wildman–Crippen MR) is 99.5 cm³/mol. The lowest BCUT2D eigenvalue weighted by molar-refractivity contribution is 0.415. The monoisotopic (exact) mass is 322 g/mol. The minimum Gasteiger partial charge on any atom is -0.497 e. The molecular formula is C22H14N2O. The second-order valence-corrected chi connectivity index (χ2v) is 5.68. The Balaban J connectivity index is 1.86. The Morgan fingerprint density at radius 3 is 2.60 bits per heavy atom. The maximum Gasteiger partial charge on any atom is 0.120 e. The van der Waals surface area contributed by atoms with Gasteiger partial charge in [-0.3, -0.25) is 0 Å². The molecule has 1 N–H and O–H groups in total. The van der Waals surface area contributed by atoms with Crippen LogP contribution in [0, 0.1) is 23.2 Å². The lowest BCUT2D eigenvalue weighted by Gasteiger charge is -1.99. The molecule has 0 bridgehead atoms. The second kappa shape index (κ2) is 6.07. The number of rotatable bonds is 1. The summed E-state index contributed by atoms with van der Waals surface area (Å²) in [6.07, 6.45) is 0. The Labute approximate surface area is 145 Å². The maximum absolute atomic E-state index is 9.53. The molecular weight excluding hydrogens is 308 g/mol. The summed E-state index contributed by atoms with van der Waals surface area (Å²) in [5.41, 5.74) is 2.97. The Kier molecular flexibility index (Phi) is 3.61. The molecule has 0 aliphatic carbocycles. The van der Waals surface area contributed by atoms with Gasteiger partial charge in [-0.25, -0.2) is 0 Å². The van der Waals surface area contributed by atoms with Crippen molar-refractivity contribution in [2.24, 2.45) is 0 Å². The van der Waals surface area contributed by atoms with Gasteiger partial charge < -0.3 is 9.72 Å². The summed E-state index contributed by atoms with van der Waals surface area (Å²) in [5, 5.41) is 12.6. The Bertz CT molecular complexity index is 1190. The minimum atomic E-state index is 0.561. The van der Waals surface area contributed by atoms with E-state index in [2.05, 4.69) is 41.1 Å². The Hall–Kier alpha value is -3.69. The van der Waals surface area contributed by atoms with Gasteiger partial charge in [0.2, 0.25) is 0 Å². The van der Waals surface area contributed by atoms with E-state index in [9.17, 15) is 5.26 Å². The molecule has 0 aliphatic rings. The number of aromatic amines is 1. The molecule has 0 fully saturated rings. The normalized spacial score (nSPS) is 10.2. The summed E-state index contributed by atoms with van der Waals surface area (Å²) < 4.78 is 5.24. The number of nitrogens with zero attached hydrogens (tertiary/aromatic N) is 1. The van der Waals surface area contributed by atoms with Gasteiger partial charge in [0.25, 0.3) is 0 Å². The van der Waals surface area contributed by atoms with Crippen LogP contribution in [0.4, 0.5) is 0 Å². The lowest BCUT2D eigenvalue weighted by atomic mass is 10.0. The smallest absolute Gasteiger partial charge is 0.120 e. The van der Waals surface area contributed by atoms with Gasteiger partial charge >= 0.3 is 0 Å². The largest absolute Gasteiger partial charge is 0.497 e. The van der Waals surface area contributed by atoms with Crippen LogP contribution in [0.1, 0.15) is 16.8 Å². The van der Waals surface area contributed by atoms with Crippen LogP contribution < -0.4 is 4.74 Å². The highest BCUT2D eigenvalue weighted by atomic mass is 16.5. The molecule has 0 saturated carbocycles. The van der Waals surface area contributed by atoms with E-state index in [0.717, 1.165) is 33.0 Å². The van der Waals surface area contributed by atoms with Crippen LogP contribution in [0.2, 0.25) is 0 Å². The van der Waals surface area contributed by atoms with Gasteiger partial charge in [0.1, 0.15) is 17.5 Å². The molecule has 1 aromatic heterocycles. The number of aromatic nitrogens is 1. The fourth-order valence-electron chi connectivity index (χ4n) is 2.98. The van der Waals surface area contributed by atoms with Crippen molar-refractivity contribution in [2.45, 2.75) is 0 Å². The summed E-state index contributed by atoms with van der Waals surface area (Å²) in [4.78, 5) is 3.23. The van der Waals surface area contributed by atoms with Crippen molar-refractivity contribution >= 4 is 21.7 Å². The number of methoxy groups -OCH3 is 1. The summed E-state index contributed by atoms with van der Waals surface area (Å²) >= 11 is 0. The van der Waals surface area contributed by atoms with Crippen LogP contribution in [0.3, 0.4) is 0 Å². The first-order valence-electron chi connectivity index (χ1n) is 7.90. The van der Waals surface area contributed by atoms with E-state index in [-0.39, 0.29) is 0 Å². The lowest BCUT2D eigenvalue weighted by Crippen LogP contribution is -1.82. The highest BCUT2D eigenvalue weighted by Gasteiger charge is 2.10. The molecule has 3 heteroatoms. The van der Waals surface area contributed by atoms with E-state index >= 15 is 0 Å². The van der Waals surface area contributed by atoms with E-state index in [1.807, 2.05) is 42.5 Å². The van der Waals surface area contributed by atoms with Crippen LogP contribution in [0.5, 0.6) is 5.75 Å². The van der Waals surface area contributed by atoms with Crippen LogP contribution in [-0.4, -0.2) is 12.1 Å². The summed E-state index contributed by atoms with van der Waals surface area (Å²) in [5.74, 6) is 7.08. The second-order valence-electron chi connectivity index (χ2n) is 5.68. The molecule has 3 nitrogen and oxygen atoms in total. The highest BCUT2D eigenvalue weighted by Crippen LogP contribution is 2.25. The molecule has 4 rings (SSSR count). The number of hydrogen-bond acceptors (Lipinski definition) is 2. The number of fused-ring (bicyclic) bond motifs is 2. The third kappa shape index (κ3) is 2.59. The molecule has 25 heavy (non-hydrogen) atoms. The van der Waals surface area contributed by atoms with E-state index in [1.54, 1.807) is 7.11 Å². The van der Waals surface area contributed by atoms with E-state index in [4.69, 9.17) is 4.74 Å². The zero-order valence-electron chi connectivity index (χ0n) is 13.6. The van der Waals surface area contributed by atoms with Crippen molar-refractivity contribution in [3.63, 3.8) is 0 Å². The molecule has 0 spiro atoms. The summed E-state index contributed by atoms with van der Waals surface area (Å²) in [6.45, 7) is 0. The molecule has 0 saturated heterocycles. The molecule has 118 valence electrons. The standard InChI is InChI=1S/C22H14N2O/c1-25-17-10-11-19-20(14-23)21(24-22(19)13-17)12-9-16-7-4-6-15-5-2-3-8-18(15)16/h2-8,10-11,13,24H,1H3. The van der Waals surface area contributed by atoms with E-state index < -0.39 is 0 Å². The van der Waals surface area contributed by atoms with Gasteiger partial charge in [-0.05, 0) is 34.9 Å². The summed E-state index contributed by atoms with van der Waals surface area (Å²) in [7, 11) is 1.62. The van der Waals surface area contributed by atoms with Gasteiger partial charge in [-0.1, -0.05) is 42.3 Å². The molecule has 4 aromatic rings. The zero-order valence-corrected chi connectivity index (χ0v) is 13.6. The SMILES string of the molecule is COc1ccc2c(C#N)c(C#Cc3cccc4ccccc34)[nH]c2c1. The van der Waals surface area contributed by atoms with Gasteiger partial charge in [-0.15, -0.1) is 0 Å². The van der Waals surface area contributed by atoms with Crippen molar-refractivity contribution in [2.75, 3.05) is 7.11 Å². The van der Waals surface area contributed by atoms with Crippen LogP contribution >= 0.6 is 0 Å². The van der Waals surface area contributed by atoms with Crippen molar-refractivity contribution in [3.8, 4) is 23.7 Å². The number of ether oxygens (including phenoxy) is 1. The van der Waals surface area contributed by atoms with Gasteiger partial charge in [0, 0.05) is 17.0 Å². The van der Waals surface area contributed by atoms with E-state index in [0.29, 0.717) is 11.3 Å². The van der Waals surface area contributed by atoms with E-state index in [1.165, 1.54) is 0 Å². The molecule has 1 heterocycles. The molecule has 0 aliphatic heterocycles. The number of nitrogens with one attached hydrogen (secondary N) is 1. The third-order valence-electron chi connectivity index (χ3n) is 4.23. The molecule has 0 atom stereocenters. The van der Waals surface area contributed by atoms with Crippen molar-refractivity contribution in [1.29, 1.82) is 5.26 Å². The van der Waals surface area contributed by atoms with Crippen LogP contribution in [0.25, 0.3) is 21.7 Å². The number of hydrogen-bond donors (Lipinski definition) is 1. The molecule has 0 unspecified atom stereocenters. The number of benzene rings is 3. The quantitative estimate of drug-likeness (QED) is 0.521. The fraction of sp³-hybridized carbons (Fsp3) is 0.0455. The van der Waals surface area contributed by atoms with Gasteiger partial charge in [-0.2, -0.15) is 5.26 Å². The first kappa shape index (κ1) is 14.9. The van der Waals surface area contributed by atoms with Crippen LogP contribution in [0.15, 0.2) is 60.7 Å². The summed E-state index contributed by atoms with van der Waals surface area (Å²) in [6, 6.07) is 22.0.